The van der Waals surface area contributed by atoms with Gasteiger partial charge in [0, 0.05) is 16.7 Å². The van der Waals surface area contributed by atoms with Crippen molar-refractivity contribution < 1.29 is 4.74 Å². The molecule has 2 nitrogen and oxygen atoms in total. The second-order valence-corrected chi connectivity index (χ2v) is 7.90. The Kier molecular flexibility index (Phi) is 7.06. The Morgan fingerprint density at radius 2 is 1.59 bits per heavy atom. The highest BCUT2D eigenvalue weighted by Crippen LogP contribution is 2.35. The number of hydrogen-bond donors (Lipinski definition) is 1. The number of benzene rings is 3. The third kappa shape index (κ3) is 5.41. The molecule has 0 aromatic heterocycles. The van der Waals surface area contributed by atoms with Crippen LogP contribution in [0.5, 0.6) is 5.75 Å². The number of anilines is 1. The minimum atomic E-state index is 0.411. The summed E-state index contributed by atoms with van der Waals surface area (Å²) in [5, 5.41) is 4.48. The second kappa shape index (κ2) is 9.50. The van der Waals surface area contributed by atoms with E-state index in [9.17, 15) is 0 Å². The molecule has 0 saturated heterocycles. The molecule has 0 fully saturated rings. The Hall–Kier alpha value is -1.68. The number of halogens is 3. The molecule has 5 heteroatoms. The number of rotatable bonds is 7. The summed E-state index contributed by atoms with van der Waals surface area (Å²) >= 11 is 16.3. The van der Waals surface area contributed by atoms with Crippen molar-refractivity contribution in [1.29, 1.82) is 0 Å². The van der Waals surface area contributed by atoms with E-state index < -0.39 is 0 Å². The Labute approximate surface area is 178 Å². The monoisotopic (exact) mass is 463 g/mol. The van der Waals surface area contributed by atoms with Gasteiger partial charge in [0.05, 0.1) is 10.0 Å². The van der Waals surface area contributed by atoms with Crippen molar-refractivity contribution in [3.05, 3.63) is 91.9 Å². The molecule has 27 heavy (non-hydrogen) atoms. The summed E-state index contributed by atoms with van der Waals surface area (Å²) in [6, 6.07) is 20.0. The average molecular weight is 465 g/mol. The fraction of sp³-hybridized carbons (Fsp3) is 0.182. The van der Waals surface area contributed by atoms with Crippen LogP contribution in [0, 0.1) is 0 Å². The van der Waals surface area contributed by atoms with Gasteiger partial charge in [-0.25, -0.2) is 0 Å². The van der Waals surface area contributed by atoms with Gasteiger partial charge in [0.2, 0.25) is 0 Å². The molecule has 0 spiro atoms. The van der Waals surface area contributed by atoms with Gasteiger partial charge in [0.1, 0.15) is 6.61 Å². The Balaban J connectivity index is 1.68. The van der Waals surface area contributed by atoms with E-state index in [2.05, 4.69) is 46.4 Å². The molecule has 0 radical (unpaired) electrons. The number of hydrogen-bond acceptors (Lipinski definition) is 2. The van der Waals surface area contributed by atoms with Crippen LogP contribution in [0.3, 0.4) is 0 Å². The molecule has 0 aliphatic rings. The van der Waals surface area contributed by atoms with E-state index in [0.29, 0.717) is 28.9 Å². The minimum absolute atomic E-state index is 0.411. The topological polar surface area (TPSA) is 21.3 Å². The Morgan fingerprint density at radius 3 is 2.26 bits per heavy atom. The summed E-state index contributed by atoms with van der Waals surface area (Å²) in [5.74, 6) is 0.513. The van der Waals surface area contributed by atoms with Gasteiger partial charge in [-0.05, 0) is 53.4 Å². The molecule has 3 aromatic carbocycles. The first-order valence-electron chi connectivity index (χ1n) is 8.73. The van der Waals surface area contributed by atoms with Crippen LogP contribution < -0.4 is 10.1 Å². The lowest BCUT2D eigenvalue weighted by molar-refractivity contribution is 0.306. The zero-order chi connectivity index (χ0) is 19.2. The second-order valence-electron chi connectivity index (χ2n) is 6.17. The standard InChI is InChI=1S/C22H20BrCl2NO/c1-2-17-5-3-4-6-21(17)26-13-16-11-19(24)22(20(25)12-16)27-14-15-7-9-18(23)10-8-15/h3-12,26H,2,13-14H2,1H3. The molecule has 0 aliphatic heterocycles. The van der Waals surface area contributed by atoms with Crippen LogP contribution in [0.4, 0.5) is 5.69 Å². The van der Waals surface area contributed by atoms with E-state index >= 15 is 0 Å². The first-order chi connectivity index (χ1) is 13.1. The van der Waals surface area contributed by atoms with Gasteiger partial charge < -0.3 is 10.1 Å². The van der Waals surface area contributed by atoms with Crippen LogP contribution in [-0.2, 0) is 19.6 Å². The van der Waals surface area contributed by atoms with E-state index in [4.69, 9.17) is 27.9 Å². The molecule has 0 unspecified atom stereocenters. The highest BCUT2D eigenvalue weighted by Gasteiger charge is 2.11. The van der Waals surface area contributed by atoms with Crippen molar-refractivity contribution in [3.63, 3.8) is 0 Å². The Bertz CT molecular complexity index is 889. The molecule has 0 aliphatic carbocycles. The highest BCUT2D eigenvalue weighted by atomic mass is 79.9. The molecule has 0 bridgehead atoms. The zero-order valence-electron chi connectivity index (χ0n) is 14.9. The average Bonchev–Trinajstić information content (AvgIpc) is 2.67. The fourth-order valence-corrected chi connectivity index (χ4v) is 3.69. The summed E-state index contributed by atoms with van der Waals surface area (Å²) in [7, 11) is 0. The maximum atomic E-state index is 6.42. The number of para-hydroxylation sites is 1. The van der Waals surface area contributed by atoms with E-state index in [-0.39, 0.29) is 0 Å². The van der Waals surface area contributed by atoms with Crippen LogP contribution in [0.2, 0.25) is 10.0 Å². The van der Waals surface area contributed by atoms with E-state index in [1.54, 1.807) is 0 Å². The lowest BCUT2D eigenvalue weighted by Crippen LogP contribution is -2.03. The smallest absolute Gasteiger partial charge is 0.156 e. The zero-order valence-corrected chi connectivity index (χ0v) is 18.0. The SMILES string of the molecule is CCc1ccccc1NCc1cc(Cl)c(OCc2ccc(Br)cc2)c(Cl)c1. The molecule has 1 N–H and O–H groups in total. The summed E-state index contributed by atoms with van der Waals surface area (Å²) in [4.78, 5) is 0. The first-order valence-corrected chi connectivity index (χ1v) is 10.3. The van der Waals surface area contributed by atoms with Gasteiger partial charge in [-0.1, -0.05) is 76.4 Å². The summed E-state index contributed by atoms with van der Waals surface area (Å²) in [5.41, 5.74) is 4.46. The third-order valence-corrected chi connectivity index (χ3v) is 5.33. The van der Waals surface area contributed by atoms with Crippen LogP contribution in [0.25, 0.3) is 0 Å². The third-order valence-electron chi connectivity index (χ3n) is 4.24. The normalized spacial score (nSPS) is 10.7. The predicted molar refractivity (Wildman–Crippen MR) is 118 cm³/mol. The lowest BCUT2D eigenvalue weighted by atomic mass is 10.1. The van der Waals surface area contributed by atoms with Gasteiger partial charge in [-0.2, -0.15) is 0 Å². The largest absolute Gasteiger partial charge is 0.486 e. The molecular formula is C22H20BrCl2NO. The molecule has 3 aromatic rings. The van der Waals surface area contributed by atoms with Crippen molar-refractivity contribution >= 4 is 44.8 Å². The quantitative estimate of drug-likeness (QED) is 0.390. The summed E-state index contributed by atoms with van der Waals surface area (Å²) < 4.78 is 6.88. The minimum Gasteiger partial charge on any atom is -0.486 e. The van der Waals surface area contributed by atoms with Gasteiger partial charge in [-0.15, -0.1) is 0 Å². The van der Waals surface area contributed by atoms with Gasteiger partial charge in [0.25, 0.3) is 0 Å². The summed E-state index contributed by atoms with van der Waals surface area (Å²) in [6.07, 6.45) is 0.980. The van der Waals surface area contributed by atoms with Gasteiger partial charge in [0.15, 0.2) is 5.75 Å². The first kappa shape index (κ1) is 20.1. The molecular weight excluding hydrogens is 445 g/mol. The van der Waals surface area contributed by atoms with Crippen LogP contribution in [-0.4, -0.2) is 0 Å². The lowest BCUT2D eigenvalue weighted by Gasteiger charge is -2.14. The van der Waals surface area contributed by atoms with Crippen molar-refractivity contribution in [1.82, 2.24) is 0 Å². The molecule has 140 valence electrons. The molecule has 3 rings (SSSR count). The molecule has 0 amide bonds. The maximum Gasteiger partial charge on any atom is 0.156 e. The summed E-state index contributed by atoms with van der Waals surface area (Å²) in [6.45, 7) is 3.20. The van der Waals surface area contributed by atoms with E-state index in [1.165, 1.54) is 5.56 Å². The van der Waals surface area contributed by atoms with Crippen molar-refractivity contribution in [3.8, 4) is 5.75 Å². The van der Waals surface area contributed by atoms with E-state index in [1.807, 2.05) is 42.5 Å². The fourth-order valence-electron chi connectivity index (χ4n) is 2.79. The van der Waals surface area contributed by atoms with Crippen LogP contribution >= 0.6 is 39.1 Å². The van der Waals surface area contributed by atoms with Gasteiger partial charge >= 0.3 is 0 Å². The molecule has 0 saturated carbocycles. The van der Waals surface area contributed by atoms with E-state index in [0.717, 1.165) is 27.7 Å². The highest BCUT2D eigenvalue weighted by molar-refractivity contribution is 9.10. The Morgan fingerprint density at radius 1 is 0.926 bits per heavy atom. The predicted octanol–water partition coefficient (Wildman–Crippen LogP) is 7.51. The van der Waals surface area contributed by atoms with Gasteiger partial charge in [-0.3, -0.25) is 0 Å². The van der Waals surface area contributed by atoms with Crippen LogP contribution in [0.15, 0.2) is 65.1 Å². The van der Waals surface area contributed by atoms with Crippen molar-refractivity contribution in [2.24, 2.45) is 0 Å². The van der Waals surface area contributed by atoms with Crippen molar-refractivity contribution in [2.45, 2.75) is 26.5 Å². The van der Waals surface area contributed by atoms with Crippen LogP contribution in [0.1, 0.15) is 23.6 Å². The molecule has 0 atom stereocenters. The number of ether oxygens (including phenoxy) is 1. The number of nitrogens with one attached hydrogen (secondary N) is 1. The number of aryl methyl sites for hydroxylation is 1. The molecule has 0 heterocycles. The maximum absolute atomic E-state index is 6.42. The van der Waals surface area contributed by atoms with Crippen molar-refractivity contribution in [2.75, 3.05) is 5.32 Å².